The molecule has 1 N–H and O–H groups in total. The summed E-state index contributed by atoms with van der Waals surface area (Å²) in [4.78, 5) is 11.8. The summed E-state index contributed by atoms with van der Waals surface area (Å²) in [6.45, 7) is 1.23. The third-order valence-electron chi connectivity index (χ3n) is 3.23. The van der Waals surface area contributed by atoms with Gasteiger partial charge in [-0.05, 0) is 55.1 Å². The van der Waals surface area contributed by atoms with Gasteiger partial charge in [0, 0.05) is 11.3 Å². The maximum absolute atomic E-state index is 12.2. The summed E-state index contributed by atoms with van der Waals surface area (Å²) in [5.41, 5.74) is -0.246. The van der Waals surface area contributed by atoms with Gasteiger partial charge in [0.1, 0.15) is 11.9 Å². The Labute approximate surface area is 147 Å². The third kappa shape index (κ3) is 7.70. The summed E-state index contributed by atoms with van der Waals surface area (Å²) in [6.07, 6.45) is -3.52. The molecule has 0 heterocycles. The zero-order chi connectivity index (χ0) is 19.0. The first kappa shape index (κ1) is 21.2. The lowest BCUT2D eigenvalue weighted by Crippen LogP contribution is -2.19. The van der Waals surface area contributed by atoms with Crippen molar-refractivity contribution < 1.29 is 27.5 Å². The third-order valence-corrected chi connectivity index (χ3v) is 3.97. The number of halogens is 4. The van der Waals surface area contributed by atoms with E-state index >= 15 is 0 Å². The molecule has 0 saturated carbocycles. The number of aliphatic hydroxyl groups excluding tert-OH is 1. The van der Waals surface area contributed by atoms with Crippen molar-refractivity contribution in [2.45, 2.75) is 30.5 Å². The SMILES string of the molecule is CC(=O)C(O)Cc1ccc(C(F)(F)F)cc1.CSc1ccc(F)cc1. The highest BCUT2D eigenvalue weighted by Gasteiger charge is 2.30. The van der Waals surface area contributed by atoms with Crippen molar-refractivity contribution in [2.24, 2.45) is 0 Å². The zero-order valence-corrected chi connectivity index (χ0v) is 14.5. The normalized spacial score (nSPS) is 12.1. The number of carbonyl (C=O) groups excluding carboxylic acids is 1. The lowest BCUT2D eigenvalue weighted by Gasteiger charge is -2.09. The van der Waals surface area contributed by atoms with E-state index in [0.717, 1.165) is 17.0 Å². The number of aliphatic hydroxyl groups is 1. The Morgan fingerprint density at radius 1 is 1.08 bits per heavy atom. The number of ketones is 1. The Balaban J connectivity index is 0.000000293. The molecule has 2 nitrogen and oxygen atoms in total. The molecule has 0 amide bonds. The van der Waals surface area contributed by atoms with Crippen molar-refractivity contribution in [3.05, 3.63) is 65.5 Å². The number of Topliss-reactive ketones (excluding diaryl/α,β-unsaturated/α-hetero) is 1. The highest BCUT2D eigenvalue weighted by atomic mass is 32.2. The standard InChI is InChI=1S/C11H11F3O2.C7H7FS/c1-7(15)10(16)6-8-2-4-9(5-3-8)11(12,13)14;1-9-7-4-2-6(8)3-5-7/h2-5,10,16H,6H2,1H3;2-5H,1H3. The van der Waals surface area contributed by atoms with Crippen molar-refractivity contribution in [1.82, 2.24) is 0 Å². The van der Waals surface area contributed by atoms with Crippen LogP contribution >= 0.6 is 11.8 Å². The number of hydrogen-bond acceptors (Lipinski definition) is 3. The fraction of sp³-hybridized carbons (Fsp3) is 0.278. The van der Waals surface area contributed by atoms with Crippen molar-refractivity contribution in [3.63, 3.8) is 0 Å². The molecule has 0 spiro atoms. The van der Waals surface area contributed by atoms with E-state index in [2.05, 4.69) is 0 Å². The number of hydrogen-bond donors (Lipinski definition) is 1. The van der Waals surface area contributed by atoms with E-state index in [9.17, 15) is 27.5 Å². The van der Waals surface area contributed by atoms with Gasteiger partial charge in [0.2, 0.25) is 0 Å². The number of carbonyl (C=O) groups is 1. The number of alkyl halides is 3. The molecule has 7 heteroatoms. The van der Waals surface area contributed by atoms with Crippen LogP contribution in [0.2, 0.25) is 0 Å². The largest absolute Gasteiger partial charge is 0.416 e. The van der Waals surface area contributed by atoms with Gasteiger partial charge < -0.3 is 5.11 Å². The molecule has 2 aromatic carbocycles. The smallest absolute Gasteiger partial charge is 0.385 e. The molecular weight excluding hydrogens is 356 g/mol. The van der Waals surface area contributed by atoms with E-state index < -0.39 is 23.6 Å². The number of thioether (sulfide) groups is 1. The van der Waals surface area contributed by atoms with Gasteiger partial charge in [-0.25, -0.2) is 4.39 Å². The fourth-order valence-electron chi connectivity index (χ4n) is 1.77. The topological polar surface area (TPSA) is 37.3 Å². The first-order valence-electron chi connectivity index (χ1n) is 7.27. The van der Waals surface area contributed by atoms with Gasteiger partial charge in [-0.2, -0.15) is 13.2 Å². The molecule has 2 rings (SSSR count). The molecule has 25 heavy (non-hydrogen) atoms. The summed E-state index contributed by atoms with van der Waals surface area (Å²) < 4.78 is 48.8. The van der Waals surface area contributed by atoms with Gasteiger partial charge in [0.25, 0.3) is 0 Å². The summed E-state index contributed by atoms with van der Waals surface area (Å²) >= 11 is 1.61. The second-order valence-corrected chi connectivity index (χ2v) is 6.06. The van der Waals surface area contributed by atoms with Crippen LogP contribution in [0.15, 0.2) is 53.4 Å². The van der Waals surface area contributed by atoms with Crippen molar-refractivity contribution in [3.8, 4) is 0 Å². The lowest BCUT2D eigenvalue weighted by molar-refractivity contribution is -0.137. The first-order valence-corrected chi connectivity index (χ1v) is 8.50. The predicted molar refractivity (Wildman–Crippen MR) is 90.0 cm³/mol. The number of benzene rings is 2. The Hall–Kier alpha value is -1.86. The van der Waals surface area contributed by atoms with Crippen molar-refractivity contribution in [2.75, 3.05) is 6.26 Å². The summed E-state index contributed by atoms with van der Waals surface area (Å²) in [5.74, 6) is -0.576. The van der Waals surface area contributed by atoms with Gasteiger partial charge in [-0.15, -0.1) is 11.8 Å². The van der Waals surface area contributed by atoms with Gasteiger partial charge in [-0.1, -0.05) is 12.1 Å². The monoisotopic (exact) mass is 374 g/mol. The molecule has 1 unspecified atom stereocenters. The van der Waals surface area contributed by atoms with Crippen LogP contribution in [0.5, 0.6) is 0 Å². The van der Waals surface area contributed by atoms with Crippen molar-refractivity contribution in [1.29, 1.82) is 0 Å². The summed E-state index contributed by atoms with van der Waals surface area (Å²) in [7, 11) is 0. The first-order chi connectivity index (χ1) is 11.6. The van der Waals surface area contributed by atoms with E-state index in [0.29, 0.717) is 5.56 Å². The van der Waals surface area contributed by atoms with Crippen LogP contribution < -0.4 is 0 Å². The highest BCUT2D eigenvalue weighted by molar-refractivity contribution is 7.98. The molecule has 0 bridgehead atoms. The maximum Gasteiger partial charge on any atom is 0.416 e. The Morgan fingerprint density at radius 2 is 1.60 bits per heavy atom. The van der Waals surface area contributed by atoms with Gasteiger partial charge >= 0.3 is 6.18 Å². The molecule has 0 radical (unpaired) electrons. The van der Waals surface area contributed by atoms with Crippen LogP contribution in [0, 0.1) is 5.82 Å². The van der Waals surface area contributed by atoms with E-state index in [1.807, 2.05) is 6.26 Å². The summed E-state index contributed by atoms with van der Waals surface area (Å²) in [6, 6.07) is 10.8. The van der Waals surface area contributed by atoms with E-state index in [4.69, 9.17) is 0 Å². The average Bonchev–Trinajstić information content (AvgIpc) is 2.56. The Bertz CT molecular complexity index is 667. The molecule has 0 aromatic heterocycles. The van der Waals surface area contributed by atoms with Crippen molar-refractivity contribution >= 4 is 17.5 Å². The second kappa shape index (κ2) is 9.58. The van der Waals surface area contributed by atoms with Crippen LogP contribution in [0.4, 0.5) is 17.6 Å². The molecule has 0 fully saturated rings. The molecule has 2 aromatic rings. The van der Waals surface area contributed by atoms with Crippen LogP contribution in [-0.4, -0.2) is 23.2 Å². The molecule has 0 aliphatic heterocycles. The molecule has 136 valence electrons. The van der Waals surface area contributed by atoms with Gasteiger partial charge in [0.05, 0.1) is 5.56 Å². The lowest BCUT2D eigenvalue weighted by atomic mass is 10.0. The Morgan fingerprint density at radius 3 is 2.00 bits per heavy atom. The number of rotatable bonds is 4. The minimum absolute atomic E-state index is 0.0352. The molecule has 0 aliphatic carbocycles. The van der Waals surface area contributed by atoms with Gasteiger partial charge in [0.15, 0.2) is 5.78 Å². The molecular formula is C18H18F4O2S. The van der Waals surface area contributed by atoms with Crippen LogP contribution in [0.1, 0.15) is 18.1 Å². The second-order valence-electron chi connectivity index (χ2n) is 5.18. The highest BCUT2D eigenvalue weighted by Crippen LogP contribution is 2.29. The predicted octanol–water partition coefficient (Wildman–Crippen LogP) is 4.75. The molecule has 1 atom stereocenters. The van der Waals surface area contributed by atoms with Crippen LogP contribution in [0.3, 0.4) is 0 Å². The minimum Gasteiger partial charge on any atom is -0.385 e. The Kier molecular flexibility index (Phi) is 8.12. The summed E-state index contributed by atoms with van der Waals surface area (Å²) in [5, 5.41) is 9.24. The molecule has 0 aliphatic rings. The van der Waals surface area contributed by atoms with Gasteiger partial charge in [-0.3, -0.25) is 4.79 Å². The minimum atomic E-state index is -4.36. The van der Waals surface area contributed by atoms with Crippen LogP contribution in [0.25, 0.3) is 0 Å². The average molecular weight is 374 g/mol. The zero-order valence-electron chi connectivity index (χ0n) is 13.7. The van der Waals surface area contributed by atoms with E-state index in [1.54, 1.807) is 23.9 Å². The molecule has 0 saturated heterocycles. The fourth-order valence-corrected chi connectivity index (χ4v) is 2.18. The quantitative estimate of drug-likeness (QED) is 0.620. The van der Waals surface area contributed by atoms with E-state index in [1.165, 1.54) is 31.2 Å². The van der Waals surface area contributed by atoms with E-state index in [-0.39, 0.29) is 12.2 Å². The van der Waals surface area contributed by atoms with Crippen LogP contribution in [-0.2, 0) is 17.4 Å². The maximum atomic E-state index is 12.2.